The van der Waals surface area contributed by atoms with Crippen molar-refractivity contribution in [2.75, 3.05) is 100 Å². The topological polar surface area (TPSA) is 262 Å². The summed E-state index contributed by atoms with van der Waals surface area (Å²) in [6, 6.07) is -1.19. The predicted octanol–water partition coefficient (Wildman–Crippen LogP) is 5.63. The van der Waals surface area contributed by atoms with Crippen LogP contribution in [0.15, 0.2) is 47.6 Å². The van der Waals surface area contributed by atoms with Crippen LogP contribution in [0.5, 0.6) is 0 Å². The fourth-order valence-electron chi connectivity index (χ4n) is 11.5. The second-order valence-electron chi connectivity index (χ2n) is 23.0. The van der Waals surface area contributed by atoms with Gasteiger partial charge < -0.3 is 72.7 Å². The van der Waals surface area contributed by atoms with E-state index in [1.165, 1.54) is 12.0 Å². The number of esters is 1. The second-order valence-corrected chi connectivity index (χ2v) is 23.0. The third kappa shape index (κ3) is 22.7. The molecule has 2 bridgehead atoms. The summed E-state index contributed by atoms with van der Waals surface area (Å²) < 4.78 is 58.7. The Hall–Kier alpha value is -3.61. The maximum Gasteiger partial charge on any atom is 0.329 e. The number of Topliss-reactive ketones (excluding diaryl/α,β-unsaturated/α-hetero) is 3. The molecular formula is C62H101NO19. The number of fused-ring (bicyclic) bond motifs is 3. The van der Waals surface area contributed by atoms with E-state index in [2.05, 4.69) is 0 Å². The van der Waals surface area contributed by atoms with Crippen LogP contribution in [-0.4, -0.2) is 209 Å². The molecular weight excluding hydrogens is 1060 g/mol. The smallest absolute Gasteiger partial charge is 0.329 e. The number of nitrogens with zero attached hydrogens (tertiary/aromatic N) is 1. The monoisotopic (exact) mass is 1160 g/mol. The van der Waals surface area contributed by atoms with Gasteiger partial charge in [-0.05, 0) is 107 Å². The molecule has 0 aromatic heterocycles. The SMILES string of the molecule is CO[C@@H]1C[C@H](C[C@@H](C)[C@@H]2CC(=O)[C@H](C)/C=C(\C)[C@@H](O)[C@@H](OC)C(=O)[C@H](C)C[C@H](C)/C=C/C=C/C=C(\C)[C@H](OCCOCCOCCO)C[C@@H]3CC[C@@H](C)[C@@](O)(O3)C(=O)C(=O)N3CCCC[C@H]3C(=O)O2)CC[C@H]1OCCOCCOCCO. The number of ketones is 3. The number of aliphatic hydroxyl groups is 4. The van der Waals surface area contributed by atoms with Crippen molar-refractivity contribution in [3.63, 3.8) is 0 Å². The van der Waals surface area contributed by atoms with Gasteiger partial charge in [0.15, 0.2) is 5.78 Å². The molecule has 0 aromatic carbocycles. The van der Waals surface area contributed by atoms with E-state index in [9.17, 15) is 34.2 Å². The molecule has 0 unspecified atom stereocenters. The van der Waals surface area contributed by atoms with Crippen molar-refractivity contribution in [1.29, 1.82) is 0 Å². The summed E-state index contributed by atoms with van der Waals surface area (Å²) in [5.41, 5.74) is 1.19. The molecule has 1 amide bonds. The van der Waals surface area contributed by atoms with Crippen molar-refractivity contribution in [2.45, 2.75) is 180 Å². The van der Waals surface area contributed by atoms with Crippen LogP contribution in [0.3, 0.4) is 0 Å². The van der Waals surface area contributed by atoms with E-state index >= 15 is 0 Å². The zero-order chi connectivity index (χ0) is 60.2. The number of amides is 1. The average Bonchev–Trinajstić information content (AvgIpc) is 3.01. The number of allylic oxidation sites excluding steroid dienone is 6. The van der Waals surface area contributed by atoms with E-state index in [-0.39, 0.29) is 107 Å². The Morgan fingerprint density at radius 2 is 1.37 bits per heavy atom. The fourth-order valence-corrected chi connectivity index (χ4v) is 11.5. The van der Waals surface area contributed by atoms with Crippen LogP contribution in [-0.2, 0) is 71.3 Å². The lowest BCUT2D eigenvalue weighted by molar-refractivity contribution is -0.266. The molecule has 3 heterocycles. The van der Waals surface area contributed by atoms with Gasteiger partial charge in [0.25, 0.3) is 11.7 Å². The standard InChI is InChI=1S/C62H101NO19/c1-41-15-11-10-12-16-42(2)53(80-34-32-78-30-28-76-26-24-65)39-49-20-18-47(7)62(72,82-49)59(69)60(70)63-22-14-13-17-50(63)61(71)81-54(40-51(66)43(3)36-46(6)57(68)58(74-9)56(67)45(5)35-41)44(4)37-48-19-21-52(55(38-48)73-8)79-33-31-77-29-27-75-25-23-64/h10-12,15-16,36,41,43-45,47-50,52-55,57-58,64-65,68,72H,13-14,17-35,37-40H2,1-9H3/b12-10+,15-11+,42-16+,46-36+/t41-,43-,44-,45-,47-,48+,49+,50+,52-,53-,54+,55-,57-,58+,62-/m1/s1. The summed E-state index contributed by atoms with van der Waals surface area (Å²) in [6.07, 6.45) is 11.2. The number of carbonyl (C=O) groups excluding carboxylic acids is 5. The molecule has 2 saturated heterocycles. The molecule has 4 N–H and O–H groups in total. The minimum atomic E-state index is -2.51. The third-order valence-corrected chi connectivity index (χ3v) is 16.5. The largest absolute Gasteiger partial charge is 0.460 e. The van der Waals surface area contributed by atoms with Gasteiger partial charge in [0.2, 0.25) is 5.79 Å². The van der Waals surface area contributed by atoms with E-state index in [4.69, 9.17) is 57.6 Å². The predicted molar refractivity (Wildman–Crippen MR) is 305 cm³/mol. The molecule has 82 heavy (non-hydrogen) atoms. The molecule has 468 valence electrons. The van der Waals surface area contributed by atoms with Gasteiger partial charge in [-0.1, -0.05) is 71.1 Å². The number of methoxy groups -OCH3 is 2. The lowest BCUT2D eigenvalue weighted by Gasteiger charge is -2.43. The maximum atomic E-state index is 14.7. The Bertz CT molecular complexity index is 2060. The van der Waals surface area contributed by atoms with Gasteiger partial charge in [0.1, 0.15) is 30.1 Å². The van der Waals surface area contributed by atoms with Crippen molar-refractivity contribution in [3.05, 3.63) is 47.6 Å². The molecule has 0 radical (unpaired) electrons. The number of piperidine rings is 1. The highest BCUT2D eigenvalue weighted by molar-refractivity contribution is 6.39. The highest BCUT2D eigenvalue weighted by Crippen LogP contribution is 2.38. The Labute approximate surface area is 487 Å². The van der Waals surface area contributed by atoms with Gasteiger partial charge in [-0.15, -0.1) is 0 Å². The summed E-state index contributed by atoms with van der Waals surface area (Å²) >= 11 is 0. The number of hydrogen-bond acceptors (Lipinski definition) is 19. The van der Waals surface area contributed by atoms with Crippen LogP contribution in [0.1, 0.15) is 126 Å². The first-order chi connectivity index (χ1) is 39.3. The summed E-state index contributed by atoms with van der Waals surface area (Å²) in [6.45, 7) is 15.5. The minimum Gasteiger partial charge on any atom is -0.460 e. The zero-order valence-electron chi connectivity index (χ0n) is 50.6. The van der Waals surface area contributed by atoms with Crippen LogP contribution in [0.25, 0.3) is 0 Å². The van der Waals surface area contributed by atoms with Gasteiger partial charge in [0, 0.05) is 51.4 Å². The van der Waals surface area contributed by atoms with E-state index < -0.39 is 77.8 Å². The average molecular weight is 1160 g/mol. The normalized spacial score (nSPS) is 34.5. The summed E-state index contributed by atoms with van der Waals surface area (Å²) in [7, 11) is 3.02. The van der Waals surface area contributed by atoms with Crippen molar-refractivity contribution < 1.29 is 91.8 Å². The number of carbonyl (C=O) groups is 5. The molecule has 3 fully saturated rings. The number of ether oxygens (including phenoxy) is 10. The highest BCUT2D eigenvalue weighted by Gasteiger charge is 2.53. The first-order valence-electron chi connectivity index (χ1n) is 30.0. The Balaban J connectivity index is 1.64. The molecule has 4 rings (SSSR count). The van der Waals surface area contributed by atoms with E-state index in [0.29, 0.717) is 96.6 Å². The van der Waals surface area contributed by atoms with E-state index in [1.807, 2.05) is 58.1 Å². The van der Waals surface area contributed by atoms with Crippen LogP contribution in [0, 0.1) is 35.5 Å². The first kappa shape index (κ1) is 70.9. The van der Waals surface area contributed by atoms with Crippen LogP contribution >= 0.6 is 0 Å². The Morgan fingerprint density at radius 3 is 2.01 bits per heavy atom. The van der Waals surface area contributed by atoms with Crippen molar-refractivity contribution in [1.82, 2.24) is 4.90 Å². The van der Waals surface area contributed by atoms with E-state index in [1.54, 1.807) is 34.0 Å². The first-order valence-corrected chi connectivity index (χ1v) is 30.0. The second kappa shape index (κ2) is 37.7. The summed E-state index contributed by atoms with van der Waals surface area (Å²) in [5, 5.41) is 41.8. The number of cyclic esters (lactones) is 1. The summed E-state index contributed by atoms with van der Waals surface area (Å²) in [4.78, 5) is 73.3. The summed E-state index contributed by atoms with van der Waals surface area (Å²) in [5.74, 6) is -8.38. The van der Waals surface area contributed by atoms with Crippen molar-refractivity contribution in [3.8, 4) is 0 Å². The molecule has 1 saturated carbocycles. The maximum absolute atomic E-state index is 14.7. The minimum absolute atomic E-state index is 0.0281. The van der Waals surface area contributed by atoms with Crippen LogP contribution in [0.2, 0.25) is 0 Å². The Kier molecular flexibility index (Phi) is 32.6. The van der Waals surface area contributed by atoms with Gasteiger partial charge in [0.05, 0.1) is 104 Å². The third-order valence-electron chi connectivity index (χ3n) is 16.5. The number of rotatable bonds is 23. The van der Waals surface area contributed by atoms with Gasteiger partial charge in [-0.3, -0.25) is 19.2 Å². The molecule has 1 aliphatic carbocycles. The number of hydrogen-bond donors (Lipinski definition) is 4. The van der Waals surface area contributed by atoms with Gasteiger partial charge in [-0.2, -0.15) is 0 Å². The van der Waals surface area contributed by atoms with Crippen molar-refractivity contribution >= 4 is 29.2 Å². The van der Waals surface area contributed by atoms with E-state index in [0.717, 1.165) is 12.0 Å². The Morgan fingerprint density at radius 1 is 0.720 bits per heavy atom. The lowest BCUT2D eigenvalue weighted by Crippen LogP contribution is -2.61. The molecule has 20 nitrogen and oxygen atoms in total. The highest BCUT2D eigenvalue weighted by atomic mass is 16.6. The lowest BCUT2D eigenvalue weighted by atomic mass is 9.78. The quantitative estimate of drug-likeness (QED) is 0.0418. The van der Waals surface area contributed by atoms with Crippen LogP contribution in [0.4, 0.5) is 0 Å². The number of aliphatic hydroxyl groups excluding tert-OH is 3. The molecule has 0 aromatic rings. The van der Waals surface area contributed by atoms with Crippen LogP contribution < -0.4 is 0 Å². The molecule has 3 aliphatic heterocycles. The fraction of sp³-hybridized carbons (Fsp3) is 0.790. The van der Waals surface area contributed by atoms with Gasteiger partial charge >= 0.3 is 5.97 Å². The molecule has 20 heteroatoms. The zero-order valence-corrected chi connectivity index (χ0v) is 50.6. The van der Waals surface area contributed by atoms with Gasteiger partial charge in [-0.25, -0.2) is 4.79 Å². The van der Waals surface area contributed by atoms with Crippen molar-refractivity contribution in [2.24, 2.45) is 35.5 Å². The molecule has 0 spiro atoms. The molecule has 4 aliphatic rings. The molecule has 15 atom stereocenters.